The third-order valence-corrected chi connectivity index (χ3v) is 2.98. The Kier molecular flexibility index (Phi) is 8.07. The van der Waals surface area contributed by atoms with Crippen LogP contribution in [0.3, 0.4) is 0 Å². The minimum Gasteiger partial charge on any atom is -0.385 e. The van der Waals surface area contributed by atoms with E-state index in [1.807, 2.05) is 0 Å². The summed E-state index contributed by atoms with van der Waals surface area (Å²) in [7, 11) is 1.77. The van der Waals surface area contributed by atoms with Crippen molar-refractivity contribution in [3.8, 4) is 0 Å². The summed E-state index contributed by atoms with van der Waals surface area (Å²) in [5.74, 6) is 0. The van der Waals surface area contributed by atoms with Crippen LogP contribution < -0.4 is 5.32 Å². The number of ether oxygens (including phenoxy) is 1. The molecule has 0 amide bonds. The molecular weight excluding hydrogens is 186 g/mol. The van der Waals surface area contributed by atoms with Gasteiger partial charge in [-0.15, -0.1) is 0 Å². The molecule has 0 bridgehead atoms. The molecule has 0 radical (unpaired) electrons. The summed E-state index contributed by atoms with van der Waals surface area (Å²) >= 11 is 0. The molecule has 0 aromatic rings. The molecule has 0 rings (SSSR count). The van der Waals surface area contributed by atoms with Crippen molar-refractivity contribution in [3.05, 3.63) is 0 Å². The van der Waals surface area contributed by atoms with Gasteiger partial charge in [-0.3, -0.25) is 0 Å². The Morgan fingerprint density at radius 2 is 1.93 bits per heavy atom. The van der Waals surface area contributed by atoms with Gasteiger partial charge in [0.1, 0.15) is 0 Å². The highest BCUT2D eigenvalue weighted by Crippen LogP contribution is 2.19. The van der Waals surface area contributed by atoms with Gasteiger partial charge in [0.25, 0.3) is 0 Å². The topological polar surface area (TPSA) is 21.3 Å². The Bertz CT molecular complexity index is 145. The lowest BCUT2D eigenvalue weighted by atomic mass is 9.89. The Morgan fingerprint density at radius 1 is 1.27 bits per heavy atom. The molecule has 92 valence electrons. The number of methoxy groups -OCH3 is 1. The van der Waals surface area contributed by atoms with Crippen LogP contribution >= 0.6 is 0 Å². The standard InChI is InChI=1S/C13H29NO/c1-6-8-12(7-2)14-11-13(3,4)9-10-15-5/h12,14H,6-11H2,1-5H3. The van der Waals surface area contributed by atoms with Gasteiger partial charge in [-0.2, -0.15) is 0 Å². The second-order valence-corrected chi connectivity index (χ2v) is 5.18. The molecule has 1 unspecified atom stereocenters. The van der Waals surface area contributed by atoms with Gasteiger partial charge in [0.2, 0.25) is 0 Å². The van der Waals surface area contributed by atoms with Crippen LogP contribution in [-0.2, 0) is 4.74 Å². The van der Waals surface area contributed by atoms with E-state index in [0.717, 1.165) is 19.6 Å². The largest absolute Gasteiger partial charge is 0.385 e. The first-order valence-corrected chi connectivity index (χ1v) is 6.28. The van der Waals surface area contributed by atoms with Gasteiger partial charge in [0.05, 0.1) is 0 Å². The lowest BCUT2D eigenvalue weighted by molar-refractivity contribution is 0.148. The smallest absolute Gasteiger partial charge is 0.0467 e. The summed E-state index contributed by atoms with van der Waals surface area (Å²) < 4.78 is 5.13. The average molecular weight is 215 g/mol. The van der Waals surface area contributed by atoms with Crippen LogP contribution in [0.5, 0.6) is 0 Å². The van der Waals surface area contributed by atoms with Crippen LogP contribution in [0.1, 0.15) is 53.4 Å². The summed E-state index contributed by atoms with van der Waals surface area (Å²) in [6.45, 7) is 11.1. The molecule has 0 aliphatic carbocycles. The summed E-state index contributed by atoms with van der Waals surface area (Å²) in [6, 6.07) is 0.691. The predicted octanol–water partition coefficient (Wildman–Crippen LogP) is 3.22. The zero-order valence-electron chi connectivity index (χ0n) is 11.2. The average Bonchev–Trinajstić information content (AvgIpc) is 2.21. The second-order valence-electron chi connectivity index (χ2n) is 5.18. The summed E-state index contributed by atoms with van der Waals surface area (Å²) in [5.41, 5.74) is 0.344. The van der Waals surface area contributed by atoms with Crippen molar-refractivity contribution in [1.29, 1.82) is 0 Å². The molecule has 0 aliphatic rings. The number of hydrogen-bond acceptors (Lipinski definition) is 2. The lowest BCUT2D eigenvalue weighted by Crippen LogP contribution is -2.37. The van der Waals surface area contributed by atoms with Gasteiger partial charge >= 0.3 is 0 Å². The van der Waals surface area contributed by atoms with E-state index in [-0.39, 0.29) is 0 Å². The zero-order chi connectivity index (χ0) is 11.7. The monoisotopic (exact) mass is 215 g/mol. The maximum atomic E-state index is 5.13. The minimum absolute atomic E-state index is 0.344. The molecule has 1 atom stereocenters. The molecule has 0 saturated heterocycles. The zero-order valence-corrected chi connectivity index (χ0v) is 11.2. The Balaban J connectivity index is 3.78. The molecule has 0 fully saturated rings. The third-order valence-electron chi connectivity index (χ3n) is 2.98. The van der Waals surface area contributed by atoms with Crippen LogP contribution in [-0.4, -0.2) is 26.3 Å². The van der Waals surface area contributed by atoms with Gasteiger partial charge in [-0.1, -0.05) is 34.1 Å². The molecule has 2 heteroatoms. The van der Waals surface area contributed by atoms with Gasteiger partial charge < -0.3 is 10.1 Å². The number of hydrogen-bond donors (Lipinski definition) is 1. The molecular formula is C13H29NO. The molecule has 0 aliphatic heterocycles. The third kappa shape index (κ3) is 7.80. The van der Waals surface area contributed by atoms with Crippen molar-refractivity contribution < 1.29 is 4.74 Å². The maximum absolute atomic E-state index is 5.13. The molecule has 15 heavy (non-hydrogen) atoms. The van der Waals surface area contributed by atoms with Gasteiger partial charge in [-0.25, -0.2) is 0 Å². The molecule has 1 N–H and O–H groups in total. The van der Waals surface area contributed by atoms with Crippen molar-refractivity contribution in [3.63, 3.8) is 0 Å². The molecule has 0 heterocycles. The van der Waals surface area contributed by atoms with E-state index in [1.54, 1.807) is 7.11 Å². The Labute approximate surface area is 95.8 Å². The first-order valence-electron chi connectivity index (χ1n) is 6.28. The fourth-order valence-electron chi connectivity index (χ4n) is 1.69. The Morgan fingerprint density at radius 3 is 2.40 bits per heavy atom. The molecule has 0 spiro atoms. The molecule has 0 saturated carbocycles. The van der Waals surface area contributed by atoms with Crippen LogP contribution in [0.4, 0.5) is 0 Å². The quantitative estimate of drug-likeness (QED) is 0.637. The number of rotatable bonds is 9. The van der Waals surface area contributed by atoms with Crippen LogP contribution in [0.25, 0.3) is 0 Å². The highest BCUT2D eigenvalue weighted by molar-refractivity contribution is 4.74. The van der Waals surface area contributed by atoms with Gasteiger partial charge in [0, 0.05) is 26.3 Å². The Hall–Kier alpha value is -0.0800. The molecule has 2 nitrogen and oxygen atoms in total. The van der Waals surface area contributed by atoms with E-state index >= 15 is 0 Å². The van der Waals surface area contributed by atoms with E-state index in [9.17, 15) is 0 Å². The van der Waals surface area contributed by atoms with Crippen molar-refractivity contribution in [2.75, 3.05) is 20.3 Å². The fraction of sp³-hybridized carbons (Fsp3) is 1.00. The second kappa shape index (κ2) is 8.12. The van der Waals surface area contributed by atoms with E-state index in [1.165, 1.54) is 19.3 Å². The number of nitrogens with one attached hydrogen (secondary N) is 1. The van der Waals surface area contributed by atoms with Crippen molar-refractivity contribution >= 4 is 0 Å². The van der Waals surface area contributed by atoms with Gasteiger partial charge in [-0.05, 0) is 24.7 Å². The fourth-order valence-corrected chi connectivity index (χ4v) is 1.69. The van der Waals surface area contributed by atoms with E-state index in [2.05, 4.69) is 33.0 Å². The lowest BCUT2D eigenvalue weighted by Gasteiger charge is -2.27. The normalized spacial score (nSPS) is 14.2. The summed E-state index contributed by atoms with van der Waals surface area (Å²) in [4.78, 5) is 0. The van der Waals surface area contributed by atoms with Crippen LogP contribution in [0.2, 0.25) is 0 Å². The minimum atomic E-state index is 0.344. The van der Waals surface area contributed by atoms with E-state index in [4.69, 9.17) is 4.74 Å². The highest BCUT2D eigenvalue weighted by atomic mass is 16.5. The predicted molar refractivity (Wildman–Crippen MR) is 67.3 cm³/mol. The van der Waals surface area contributed by atoms with Crippen molar-refractivity contribution in [2.45, 2.75) is 59.4 Å². The van der Waals surface area contributed by atoms with Gasteiger partial charge in [0.15, 0.2) is 0 Å². The SMILES string of the molecule is CCCC(CC)NCC(C)(C)CCOC. The van der Waals surface area contributed by atoms with Crippen LogP contribution in [0, 0.1) is 5.41 Å². The molecule has 0 aromatic carbocycles. The first-order chi connectivity index (χ1) is 7.05. The maximum Gasteiger partial charge on any atom is 0.0467 e. The highest BCUT2D eigenvalue weighted by Gasteiger charge is 2.18. The summed E-state index contributed by atoms with van der Waals surface area (Å²) in [6.07, 6.45) is 4.91. The first kappa shape index (κ1) is 14.9. The van der Waals surface area contributed by atoms with Crippen LogP contribution in [0.15, 0.2) is 0 Å². The van der Waals surface area contributed by atoms with E-state index < -0.39 is 0 Å². The molecule has 0 aromatic heterocycles. The van der Waals surface area contributed by atoms with Crippen molar-refractivity contribution in [1.82, 2.24) is 5.32 Å². The summed E-state index contributed by atoms with van der Waals surface area (Å²) in [5, 5.41) is 3.66. The van der Waals surface area contributed by atoms with Crippen molar-refractivity contribution in [2.24, 2.45) is 5.41 Å². The van der Waals surface area contributed by atoms with E-state index in [0.29, 0.717) is 11.5 Å².